The minimum absolute atomic E-state index is 0. The van der Waals surface area contributed by atoms with Gasteiger partial charge >= 0.3 is 0 Å². The fraction of sp³-hybridized carbons (Fsp3) is 0.375. The van der Waals surface area contributed by atoms with Gasteiger partial charge in [0.1, 0.15) is 0 Å². The third-order valence-corrected chi connectivity index (χ3v) is 4.96. The van der Waals surface area contributed by atoms with Gasteiger partial charge in [-0.25, -0.2) is 0 Å². The molecule has 0 radical (unpaired) electrons. The number of hydrogen-bond acceptors (Lipinski definition) is 5. The lowest BCUT2D eigenvalue weighted by Crippen LogP contribution is -2.48. The highest BCUT2D eigenvalue weighted by Gasteiger charge is 2.18. The molecule has 7 heteroatoms. The Kier molecular flexibility index (Phi) is 6.12. The van der Waals surface area contributed by atoms with Crippen molar-refractivity contribution < 1.29 is 4.92 Å². The maximum Gasteiger partial charge on any atom is 0.278 e. The maximum absolute atomic E-state index is 11.1. The first-order valence-electron chi connectivity index (χ1n) is 7.42. The number of nitro groups is 1. The van der Waals surface area contributed by atoms with Gasteiger partial charge in [0.15, 0.2) is 0 Å². The number of benzene rings is 1. The SMILES string of the molecule is C[C@H]1CN(Cc2ccc(-c3ccccc3[N+](=O)[O-])s2)CCN1.Cl. The first-order valence-corrected chi connectivity index (χ1v) is 8.23. The first-order chi connectivity index (χ1) is 10.6. The highest BCUT2D eigenvalue weighted by Crippen LogP contribution is 2.35. The number of nitro benzene ring substituents is 1. The van der Waals surface area contributed by atoms with Crippen LogP contribution in [0, 0.1) is 10.1 Å². The molecule has 0 bridgehead atoms. The van der Waals surface area contributed by atoms with Gasteiger partial charge < -0.3 is 5.32 Å². The van der Waals surface area contributed by atoms with Gasteiger partial charge in [-0.15, -0.1) is 23.7 Å². The zero-order valence-electron chi connectivity index (χ0n) is 12.9. The number of thiophene rings is 1. The Hall–Kier alpha value is -1.47. The average Bonchev–Trinajstić information content (AvgIpc) is 2.95. The van der Waals surface area contributed by atoms with Crippen LogP contribution in [-0.2, 0) is 6.54 Å². The van der Waals surface area contributed by atoms with Gasteiger partial charge in [-0.3, -0.25) is 15.0 Å². The lowest BCUT2D eigenvalue weighted by molar-refractivity contribution is -0.384. The van der Waals surface area contributed by atoms with Gasteiger partial charge in [-0.05, 0) is 25.1 Å². The Balaban J connectivity index is 0.00000192. The molecule has 0 unspecified atom stereocenters. The van der Waals surface area contributed by atoms with E-state index in [0.717, 1.165) is 31.1 Å². The molecule has 1 aromatic heterocycles. The summed E-state index contributed by atoms with van der Waals surface area (Å²) in [6.45, 7) is 6.21. The lowest BCUT2D eigenvalue weighted by Gasteiger charge is -2.31. The zero-order valence-corrected chi connectivity index (χ0v) is 14.5. The van der Waals surface area contributed by atoms with Crippen LogP contribution in [0.15, 0.2) is 36.4 Å². The number of rotatable bonds is 4. The molecule has 1 N–H and O–H groups in total. The summed E-state index contributed by atoms with van der Waals surface area (Å²) in [5.41, 5.74) is 0.879. The number of nitrogens with zero attached hydrogens (tertiary/aromatic N) is 2. The van der Waals surface area contributed by atoms with E-state index < -0.39 is 0 Å². The van der Waals surface area contributed by atoms with Crippen LogP contribution in [0.3, 0.4) is 0 Å². The number of hydrogen-bond donors (Lipinski definition) is 1. The molecule has 0 spiro atoms. The number of piperazine rings is 1. The Bertz CT molecular complexity index is 677. The first kappa shape index (κ1) is 17.9. The van der Waals surface area contributed by atoms with Crippen LogP contribution in [-0.4, -0.2) is 35.5 Å². The van der Waals surface area contributed by atoms with E-state index in [1.165, 1.54) is 4.88 Å². The van der Waals surface area contributed by atoms with Crippen molar-refractivity contribution in [2.45, 2.75) is 19.5 Å². The number of halogens is 1. The maximum atomic E-state index is 11.1. The number of para-hydroxylation sites is 1. The Labute approximate surface area is 145 Å². The van der Waals surface area contributed by atoms with Gasteiger partial charge in [-0.1, -0.05) is 12.1 Å². The summed E-state index contributed by atoms with van der Waals surface area (Å²) in [5, 5.41) is 14.6. The van der Waals surface area contributed by atoms with Gasteiger partial charge in [0, 0.05) is 48.0 Å². The van der Waals surface area contributed by atoms with Crippen molar-refractivity contribution in [3.05, 3.63) is 51.4 Å². The van der Waals surface area contributed by atoms with Gasteiger partial charge in [0.05, 0.1) is 10.5 Å². The molecule has 1 atom stereocenters. The second-order valence-corrected chi connectivity index (χ2v) is 6.80. The molecule has 1 fully saturated rings. The smallest absolute Gasteiger partial charge is 0.278 e. The number of nitrogens with one attached hydrogen (secondary N) is 1. The molecule has 124 valence electrons. The van der Waals surface area contributed by atoms with Crippen molar-refractivity contribution in [1.29, 1.82) is 0 Å². The molecular formula is C16H20ClN3O2S. The fourth-order valence-electron chi connectivity index (χ4n) is 2.83. The molecule has 0 amide bonds. The molecule has 1 aliphatic heterocycles. The van der Waals surface area contributed by atoms with Crippen molar-refractivity contribution in [3.8, 4) is 10.4 Å². The van der Waals surface area contributed by atoms with Crippen molar-refractivity contribution in [1.82, 2.24) is 10.2 Å². The van der Waals surface area contributed by atoms with Crippen molar-refractivity contribution in [3.63, 3.8) is 0 Å². The monoisotopic (exact) mass is 353 g/mol. The lowest BCUT2D eigenvalue weighted by atomic mass is 10.1. The summed E-state index contributed by atoms with van der Waals surface area (Å²) in [6, 6.07) is 11.5. The summed E-state index contributed by atoms with van der Waals surface area (Å²) < 4.78 is 0. The molecule has 2 aromatic rings. The van der Waals surface area contributed by atoms with Gasteiger partial charge in [-0.2, -0.15) is 0 Å². The topological polar surface area (TPSA) is 58.4 Å². The summed E-state index contributed by atoms with van der Waals surface area (Å²) in [6.07, 6.45) is 0. The molecule has 2 heterocycles. The van der Waals surface area contributed by atoms with Crippen LogP contribution in [0.5, 0.6) is 0 Å². The van der Waals surface area contributed by atoms with Crippen molar-refractivity contribution in [2.75, 3.05) is 19.6 Å². The molecule has 1 aliphatic rings. The average molecular weight is 354 g/mol. The van der Waals surface area contributed by atoms with E-state index in [1.54, 1.807) is 23.5 Å². The second-order valence-electron chi connectivity index (χ2n) is 5.63. The fourth-order valence-corrected chi connectivity index (χ4v) is 3.91. The Morgan fingerprint density at radius 3 is 2.87 bits per heavy atom. The van der Waals surface area contributed by atoms with Crippen molar-refractivity contribution in [2.24, 2.45) is 0 Å². The highest BCUT2D eigenvalue weighted by atomic mass is 35.5. The minimum atomic E-state index is -0.313. The van der Waals surface area contributed by atoms with Crippen LogP contribution in [0.2, 0.25) is 0 Å². The van der Waals surface area contributed by atoms with Crippen molar-refractivity contribution >= 4 is 29.4 Å². The van der Waals surface area contributed by atoms with Crippen LogP contribution in [0.1, 0.15) is 11.8 Å². The molecule has 3 rings (SSSR count). The largest absolute Gasteiger partial charge is 0.312 e. The van der Waals surface area contributed by atoms with Crippen LogP contribution in [0.25, 0.3) is 10.4 Å². The molecule has 1 aromatic carbocycles. The van der Waals surface area contributed by atoms with E-state index in [2.05, 4.69) is 23.2 Å². The standard InChI is InChI=1S/C16H19N3O2S.ClH/c1-12-10-18(9-8-17-12)11-13-6-7-16(22-13)14-4-2-3-5-15(14)19(20)21;/h2-7,12,17H,8-11H2,1H3;1H/t12-;/m0./s1. The molecule has 0 aliphatic carbocycles. The summed E-state index contributed by atoms with van der Waals surface area (Å²) in [7, 11) is 0. The predicted octanol–water partition coefficient (Wildman–Crippen LogP) is 3.54. The van der Waals surface area contributed by atoms with Gasteiger partial charge in [0.2, 0.25) is 0 Å². The normalized spacial score (nSPS) is 18.4. The Morgan fingerprint density at radius 2 is 2.13 bits per heavy atom. The Morgan fingerprint density at radius 1 is 1.35 bits per heavy atom. The van der Waals surface area contributed by atoms with E-state index in [9.17, 15) is 10.1 Å². The van der Waals surface area contributed by atoms with Crippen LogP contribution >= 0.6 is 23.7 Å². The van der Waals surface area contributed by atoms with E-state index >= 15 is 0 Å². The highest BCUT2D eigenvalue weighted by molar-refractivity contribution is 7.15. The zero-order chi connectivity index (χ0) is 15.5. The third-order valence-electron chi connectivity index (χ3n) is 3.86. The molecule has 5 nitrogen and oxygen atoms in total. The molecule has 0 saturated carbocycles. The quantitative estimate of drug-likeness (QED) is 0.674. The van der Waals surface area contributed by atoms with E-state index in [0.29, 0.717) is 11.6 Å². The molecule has 23 heavy (non-hydrogen) atoms. The minimum Gasteiger partial charge on any atom is -0.312 e. The second kappa shape index (κ2) is 7.88. The summed E-state index contributed by atoms with van der Waals surface area (Å²) in [4.78, 5) is 15.5. The summed E-state index contributed by atoms with van der Waals surface area (Å²) >= 11 is 1.65. The third kappa shape index (κ3) is 4.29. The van der Waals surface area contributed by atoms with E-state index in [4.69, 9.17) is 0 Å². The van der Waals surface area contributed by atoms with Gasteiger partial charge in [0.25, 0.3) is 5.69 Å². The van der Waals surface area contributed by atoms with Crippen LogP contribution < -0.4 is 5.32 Å². The summed E-state index contributed by atoms with van der Waals surface area (Å²) in [5.74, 6) is 0. The van der Waals surface area contributed by atoms with Crippen LogP contribution in [0.4, 0.5) is 5.69 Å². The molecule has 1 saturated heterocycles. The van der Waals surface area contributed by atoms with E-state index in [1.807, 2.05) is 18.2 Å². The predicted molar refractivity (Wildman–Crippen MR) is 96.4 cm³/mol. The van der Waals surface area contributed by atoms with E-state index in [-0.39, 0.29) is 23.0 Å². The molecular weight excluding hydrogens is 334 g/mol.